The second-order valence-electron chi connectivity index (χ2n) is 5.93. The highest BCUT2D eigenvalue weighted by atomic mass is 32.2. The number of ether oxygens (including phenoxy) is 1. The highest BCUT2D eigenvalue weighted by Gasteiger charge is 2.15. The molecular formula is C20H22N4O2S. The Bertz CT molecular complexity index is 866. The number of amides is 1. The summed E-state index contributed by atoms with van der Waals surface area (Å²) in [6.45, 7) is 4.56. The molecule has 6 nitrogen and oxygen atoms in total. The van der Waals surface area contributed by atoms with Crippen LogP contribution in [0.15, 0.2) is 60.0 Å². The van der Waals surface area contributed by atoms with Gasteiger partial charge in [-0.2, -0.15) is 5.10 Å². The fraction of sp³-hybridized carbons (Fsp3) is 0.250. The second kappa shape index (κ2) is 9.23. The van der Waals surface area contributed by atoms with E-state index < -0.39 is 0 Å². The molecule has 1 amide bonds. The van der Waals surface area contributed by atoms with Crippen molar-refractivity contribution in [1.29, 1.82) is 0 Å². The smallest absolute Gasteiger partial charge is 0.252 e. The summed E-state index contributed by atoms with van der Waals surface area (Å²) >= 11 is 1.51. The molecule has 3 aromatic rings. The summed E-state index contributed by atoms with van der Waals surface area (Å²) in [5.41, 5.74) is 2.65. The third kappa shape index (κ3) is 5.10. The van der Waals surface area contributed by atoms with Crippen molar-refractivity contribution in [3.63, 3.8) is 0 Å². The maximum Gasteiger partial charge on any atom is 0.252 e. The van der Waals surface area contributed by atoms with Crippen LogP contribution in [0, 0.1) is 0 Å². The third-order valence-corrected chi connectivity index (χ3v) is 4.98. The molecule has 0 spiro atoms. The Kier molecular flexibility index (Phi) is 6.49. The van der Waals surface area contributed by atoms with E-state index >= 15 is 0 Å². The van der Waals surface area contributed by atoms with Crippen molar-refractivity contribution in [2.75, 3.05) is 6.61 Å². The van der Waals surface area contributed by atoms with Crippen molar-refractivity contribution in [1.82, 2.24) is 20.5 Å². The molecule has 0 aliphatic carbocycles. The molecule has 2 aromatic carbocycles. The molecule has 2 N–H and O–H groups in total. The van der Waals surface area contributed by atoms with Gasteiger partial charge < -0.3 is 10.1 Å². The van der Waals surface area contributed by atoms with Crippen LogP contribution >= 0.6 is 11.8 Å². The van der Waals surface area contributed by atoms with Crippen molar-refractivity contribution >= 4 is 17.7 Å². The predicted octanol–water partition coefficient (Wildman–Crippen LogP) is 3.99. The zero-order chi connectivity index (χ0) is 19.1. The van der Waals surface area contributed by atoms with E-state index in [1.54, 1.807) is 0 Å². The molecule has 0 aliphatic rings. The molecule has 140 valence electrons. The first kappa shape index (κ1) is 19.0. The Balaban J connectivity index is 1.66. The van der Waals surface area contributed by atoms with Gasteiger partial charge in [0.15, 0.2) is 5.16 Å². The Morgan fingerprint density at radius 1 is 1.22 bits per heavy atom. The minimum absolute atomic E-state index is 0.0924. The maximum atomic E-state index is 12.8. The fourth-order valence-corrected chi connectivity index (χ4v) is 3.44. The van der Waals surface area contributed by atoms with Crippen molar-refractivity contribution in [3.05, 3.63) is 71.5 Å². The molecule has 27 heavy (non-hydrogen) atoms. The summed E-state index contributed by atoms with van der Waals surface area (Å²) in [4.78, 5) is 16.9. The molecule has 1 unspecified atom stereocenters. The standard InChI is InChI=1S/C20H22N4O2S/c1-3-26-17-10-8-15(9-11-17)14(2)23-19(25)18-7-5-4-6-16(18)12-27-20-21-13-22-24-20/h4-11,13-14H,3,12H2,1-2H3,(H,23,25)(H,21,22,24). The van der Waals surface area contributed by atoms with E-state index in [2.05, 4.69) is 20.5 Å². The summed E-state index contributed by atoms with van der Waals surface area (Å²) in [7, 11) is 0. The van der Waals surface area contributed by atoms with Gasteiger partial charge in [0.25, 0.3) is 5.91 Å². The Morgan fingerprint density at radius 3 is 2.70 bits per heavy atom. The maximum absolute atomic E-state index is 12.8. The van der Waals surface area contributed by atoms with Gasteiger partial charge in [-0.1, -0.05) is 42.1 Å². The lowest BCUT2D eigenvalue weighted by molar-refractivity contribution is 0.0939. The number of hydrogen-bond acceptors (Lipinski definition) is 5. The fourth-order valence-electron chi connectivity index (χ4n) is 2.65. The van der Waals surface area contributed by atoms with Gasteiger partial charge in [-0.25, -0.2) is 4.98 Å². The van der Waals surface area contributed by atoms with Crippen LogP contribution in [0.5, 0.6) is 5.75 Å². The Labute approximate surface area is 162 Å². The SMILES string of the molecule is CCOc1ccc(C(C)NC(=O)c2ccccc2CSc2ncn[nH]2)cc1. The minimum Gasteiger partial charge on any atom is -0.494 e. The monoisotopic (exact) mass is 382 g/mol. The molecule has 0 bridgehead atoms. The number of aromatic amines is 1. The summed E-state index contributed by atoms with van der Waals surface area (Å²) in [5.74, 6) is 1.37. The highest BCUT2D eigenvalue weighted by molar-refractivity contribution is 7.98. The largest absolute Gasteiger partial charge is 0.494 e. The van der Waals surface area contributed by atoms with Gasteiger partial charge in [-0.15, -0.1) is 0 Å². The third-order valence-electron chi connectivity index (χ3n) is 4.06. The van der Waals surface area contributed by atoms with Crippen LogP contribution in [-0.4, -0.2) is 27.7 Å². The molecule has 0 saturated carbocycles. The van der Waals surface area contributed by atoms with Gasteiger partial charge in [-0.3, -0.25) is 9.89 Å². The van der Waals surface area contributed by atoms with Gasteiger partial charge in [0, 0.05) is 11.3 Å². The van der Waals surface area contributed by atoms with Crippen LogP contribution in [-0.2, 0) is 5.75 Å². The van der Waals surface area contributed by atoms with E-state index in [0.29, 0.717) is 17.9 Å². The van der Waals surface area contributed by atoms with E-state index in [1.165, 1.54) is 18.1 Å². The first-order chi connectivity index (χ1) is 13.2. The van der Waals surface area contributed by atoms with Crippen LogP contribution in [0.4, 0.5) is 0 Å². The lowest BCUT2D eigenvalue weighted by atomic mass is 10.1. The van der Waals surface area contributed by atoms with Crippen molar-refractivity contribution in [2.45, 2.75) is 30.8 Å². The number of hydrogen-bond donors (Lipinski definition) is 2. The van der Waals surface area contributed by atoms with E-state index in [1.807, 2.05) is 62.4 Å². The number of carbonyl (C=O) groups excluding carboxylic acids is 1. The average Bonchev–Trinajstić information content (AvgIpc) is 3.21. The molecular weight excluding hydrogens is 360 g/mol. The predicted molar refractivity (Wildman–Crippen MR) is 106 cm³/mol. The number of H-pyrrole nitrogens is 1. The van der Waals surface area contributed by atoms with E-state index in [-0.39, 0.29) is 11.9 Å². The normalized spacial score (nSPS) is 11.8. The first-order valence-electron chi connectivity index (χ1n) is 8.77. The second-order valence-corrected chi connectivity index (χ2v) is 6.90. The first-order valence-corrected chi connectivity index (χ1v) is 9.75. The number of aromatic nitrogens is 3. The topological polar surface area (TPSA) is 79.9 Å². The van der Waals surface area contributed by atoms with E-state index in [0.717, 1.165) is 22.0 Å². The number of benzene rings is 2. The summed E-state index contributed by atoms with van der Waals surface area (Å²) in [5, 5.41) is 10.5. The Hall–Kier alpha value is -2.80. The molecule has 1 aromatic heterocycles. The Morgan fingerprint density at radius 2 is 2.00 bits per heavy atom. The number of carbonyl (C=O) groups is 1. The number of rotatable bonds is 8. The zero-order valence-corrected chi connectivity index (χ0v) is 16.1. The van der Waals surface area contributed by atoms with Gasteiger partial charge in [-0.05, 0) is 43.2 Å². The molecule has 0 aliphatic heterocycles. The van der Waals surface area contributed by atoms with E-state index in [4.69, 9.17) is 4.74 Å². The number of nitrogens with one attached hydrogen (secondary N) is 2. The van der Waals surface area contributed by atoms with Gasteiger partial charge in [0.05, 0.1) is 12.6 Å². The summed E-state index contributed by atoms with van der Waals surface area (Å²) < 4.78 is 5.46. The minimum atomic E-state index is -0.108. The van der Waals surface area contributed by atoms with E-state index in [9.17, 15) is 4.79 Å². The van der Waals surface area contributed by atoms with Crippen LogP contribution < -0.4 is 10.1 Å². The zero-order valence-electron chi connectivity index (χ0n) is 15.3. The number of nitrogens with zero attached hydrogens (tertiary/aromatic N) is 2. The molecule has 0 fully saturated rings. The van der Waals surface area contributed by atoms with Gasteiger partial charge >= 0.3 is 0 Å². The van der Waals surface area contributed by atoms with Crippen LogP contribution in [0.25, 0.3) is 0 Å². The molecule has 3 rings (SSSR count). The van der Waals surface area contributed by atoms with Crippen molar-refractivity contribution in [3.8, 4) is 5.75 Å². The molecule has 7 heteroatoms. The highest BCUT2D eigenvalue weighted by Crippen LogP contribution is 2.22. The quantitative estimate of drug-likeness (QED) is 0.576. The van der Waals surface area contributed by atoms with Crippen molar-refractivity contribution in [2.24, 2.45) is 0 Å². The van der Waals surface area contributed by atoms with Gasteiger partial charge in [0.1, 0.15) is 12.1 Å². The molecule has 0 radical (unpaired) electrons. The number of thioether (sulfide) groups is 1. The lowest BCUT2D eigenvalue weighted by Gasteiger charge is -2.16. The summed E-state index contributed by atoms with van der Waals surface area (Å²) in [6.07, 6.45) is 1.47. The average molecular weight is 382 g/mol. The molecule has 1 heterocycles. The van der Waals surface area contributed by atoms with Crippen LogP contribution in [0.1, 0.15) is 41.4 Å². The lowest BCUT2D eigenvalue weighted by Crippen LogP contribution is -2.27. The van der Waals surface area contributed by atoms with Crippen LogP contribution in [0.3, 0.4) is 0 Å². The van der Waals surface area contributed by atoms with Crippen molar-refractivity contribution < 1.29 is 9.53 Å². The summed E-state index contributed by atoms with van der Waals surface area (Å²) in [6, 6.07) is 15.3. The van der Waals surface area contributed by atoms with Gasteiger partial charge in [0.2, 0.25) is 0 Å². The molecule has 0 saturated heterocycles. The molecule has 1 atom stereocenters. The van der Waals surface area contributed by atoms with Crippen LogP contribution in [0.2, 0.25) is 0 Å².